The van der Waals surface area contributed by atoms with Gasteiger partial charge in [0.1, 0.15) is 0 Å². The number of likely N-dealkylation sites (N-methyl/N-ethyl adjacent to an activating group) is 1. The molecule has 1 aromatic carbocycles. The van der Waals surface area contributed by atoms with Gasteiger partial charge in [-0.15, -0.1) is 0 Å². The number of nitrogens with one attached hydrogen (secondary N) is 1. The second-order valence-electron chi connectivity index (χ2n) is 5.44. The number of nitrogens with zero attached hydrogens (tertiary/aromatic N) is 2. The first-order valence-corrected chi connectivity index (χ1v) is 8.01. The van der Waals surface area contributed by atoms with Gasteiger partial charge in [0.25, 0.3) is 0 Å². The molecular formula is C16H24ClN3O. The van der Waals surface area contributed by atoms with Crippen molar-refractivity contribution in [1.82, 2.24) is 15.1 Å². The fourth-order valence-electron chi connectivity index (χ4n) is 2.52. The highest BCUT2D eigenvalue weighted by molar-refractivity contribution is 6.30. The van der Waals surface area contributed by atoms with E-state index in [1.165, 1.54) is 5.56 Å². The van der Waals surface area contributed by atoms with Crippen molar-refractivity contribution in [1.29, 1.82) is 0 Å². The quantitative estimate of drug-likeness (QED) is 0.868. The molecule has 0 spiro atoms. The third-order valence-corrected chi connectivity index (χ3v) is 4.18. The van der Waals surface area contributed by atoms with Gasteiger partial charge >= 0.3 is 0 Å². The molecule has 1 fully saturated rings. The van der Waals surface area contributed by atoms with Gasteiger partial charge in [0.15, 0.2) is 0 Å². The number of piperazine rings is 1. The van der Waals surface area contributed by atoms with Crippen molar-refractivity contribution in [2.75, 3.05) is 45.8 Å². The molecule has 0 atom stereocenters. The van der Waals surface area contributed by atoms with Crippen LogP contribution in [0.15, 0.2) is 24.3 Å². The number of carbonyl (C=O) groups is 1. The van der Waals surface area contributed by atoms with Gasteiger partial charge in [-0.1, -0.05) is 30.7 Å². The summed E-state index contributed by atoms with van der Waals surface area (Å²) in [6.45, 7) is 8.56. The molecule has 1 aliphatic rings. The summed E-state index contributed by atoms with van der Waals surface area (Å²) < 4.78 is 0. The standard InChI is InChI=1S/C16H24ClN3O/c1-2-19-9-11-20(12-10-19)13-16(21)18-8-7-14-3-5-15(17)6-4-14/h3-6H,2,7-13H2,1H3,(H,18,21). The fourth-order valence-corrected chi connectivity index (χ4v) is 2.65. The Kier molecular flexibility index (Phi) is 6.49. The average molecular weight is 310 g/mol. The van der Waals surface area contributed by atoms with E-state index in [9.17, 15) is 4.79 Å². The van der Waals surface area contributed by atoms with Gasteiger partial charge in [0.2, 0.25) is 5.91 Å². The minimum atomic E-state index is 0.119. The van der Waals surface area contributed by atoms with Gasteiger partial charge in [-0.05, 0) is 30.7 Å². The Morgan fingerprint density at radius 1 is 1.14 bits per heavy atom. The van der Waals surface area contributed by atoms with E-state index in [2.05, 4.69) is 22.0 Å². The maximum Gasteiger partial charge on any atom is 0.234 e. The van der Waals surface area contributed by atoms with Crippen LogP contribution in [0.2, 0.25) is 5.02 Å². The van der Waals surface area contributed by atoms with Crippen LogP contribution in [0.1, 0.15) is 12.5 Å². The second-order valence-corrected chi connectivity index (χ2v) is 5.87. The summed E-state index contributed by atoms with van der Waals surface area (Å²) in [5.41, 5.74) is 1.19. The molecule has 0 bridgehead atoms. The second kappa shape index (κ2) is 8.37. The normalized spacial score (nSPS) is 16.9. The van der Waals surface area contributed by atoms with Gasteiger partial charge < -0.3 is 10.2 Å². The molecule has 116 valence electrons. The largest absolute Gasteiger partial charge is 0.355 e. The minimum Gasteiger partial charge on any atom is -0.355 e. The first-order valence-electron chi connectivity index (χ1n) is 7.63. The van der Waals surface area contributed by atoms with Crippen molar-refractivity contribution in [3.8, 4) is 0 Å². The van der Waals surface area contributed by atoms with Crippen LogP contribution in [-0.4, -0.2) is 61.5 Å². The zero-order valence-electron chi connectivity index (χ0n) is 12.6. The lowest BCUT2D eigenvalue weighted by atomic mass is 10.1. The lowest BCUT2D eigenvalue weighted by Crippen LogP contribution is -2.49. The molecule has 0 unspecified atom stereocenters. The molecule has 1 N–H and O–H groups in total. The number of rotatable bonds is 6. The molecule has 1 aromatic rings. The summed E-state index contributed by atoms with van der Waals surface area (Å²) in [7, 11) is 0. The SMILES string of the molecule is CCN1CCN(CC(=O)NCCc2ccc(Cl)cc2)CC1. The molecule has 0 aliphatic carbocycles. The highest BCUT2D eigenvalue weighted by Gasteiger charge is 2.17. The molecule has 21 heavy (non-hydrogen) atoms. The maximum atomic E-state index is 11.9. The lowest BCUT2D eigenvalue weighted by molar-refractivity contribution is -0.122. The molecule has 1 aliphatic heterocycles. The van der Waals surface area contributed by atoms with E-state index in [1.807, 2.05) is 24.3 Å². The van der Waals surface area contributed by atoms with Crippen LogP contribution in [0.5, 0.6) is 0 Å². The number of hydrogen-bond donors (Lipinski definition) is 1. The van der Waals surface area contributed by atoms with Crippen LogP contribution in [-0.2, 0) is 11.2 Å². The monoisotopic (exact) mass is 309 g/mol. The van der Waals surface area contributed by atoms with Crippen molar-refractivity contribution in [3.63, 3.8) is 0 Å². The average Bonchev–Trinajstić information content (AvgIpc) is 2.50. The van der Waals surface area contributed by atoms with Crippen LogP contribution >= 0.6 is 11.6 Å². The van der Waals surface area contributed by atoms with Crippen molar-refractivity contribution >= 4 is 17.5 Å². The van der Waals surface area contributed by atoms with E-state index in [0.717, 1.165) is 44.2 Å². The molecule has 0 radical (unpaired) electrons. The minimum absolute atomic E-state index is 0.119. The number of benzene rings is 1. The van der Waals surface area contributed by atoms with Crippen molar-refractivity contribution in [3.05, 3.63) is 34.9 Å². The molecule has 1 heterocycles. The number of halogens is 1. The smallest absolute Gasteiger partial charge is 0.234 e. The van der Waals surface area contributed by atoms with Crippen LogP contribution in [0.25, 0.3) is 0 Å². The van der Waals surface area contributed by atoms with Crippen molar-refractivity contribution < 1.29 is 4.79 Å². The van der Waals surface area contributed by atoms with Gasteiger partial charge in [-0.2, -0.15) is 0 Å². The highest BCUT2D eigenvalue weighted by atomic mass is 35.5. The molecular weight excluding hydrogens is 286 g/mol. The zero-order chi connectivity index (χ0) is 15.1. The summed E-state index contributed by atoms with van der Waals surface area (Å²) in [6, 6.07) is 7.76. The van der Waals surface area contributed by atoms with Crippen LogP contribution < -0.4 is 5.32 Å². The Bertz CT molecular complexity index is 441. The van der Waals surface area contributed by atoms with Gasteiger partial charge in [0.05, 0.1) is 6.54 Å². The molecule has 1 saturated heterocycles. The number of carbonyl (C=O) groups excluding carboxylic acids is 1. The predicted molar refractivity (Wildman–Crippen MR) is 86.7 cm³/mol. The third kappa shape index (κ3) is 5.65. The zero-order valence-corrected chi connectivity index (χ0v) is 13.4. The van der Waals surface area contributed by atoms with Crippen molar-refractivity contribution in [2.45, 2.75) is 13.3 Å². The Morgan fingerprint density at radius 3 is 2.38 bits per heavy atom. The van der Waals surface area contributed by atoms with Gasteiger partial charge in [-0.25, -0.2) is 0 Å². The summed E-state index contributed by atoms with van der Waals surface area (Å²) in [4.78, 5) is 16.6. The van der Waals surface area contributed by atoms with Gasteiger partial charge in [-0.3, -0.25) is 9.69 Å². The highest BCUT2D eigenvalue weighted by Crippen LogP contribution is 2.09. The lowest BCUT2D eigenvalue weighted by Gasteiger charge is -2.33. The maximum absolute atomic E-state index is 11.9. The van der Waals surface area contributed by atoms with Crippen LogP contribution in [0.4, 0.5) is 0 Å². The molecule has 4 nitrogen and oxygen atoms in total. The molecule has 0 saturated carbocycles. The van der Waals surface area contributed by atoms with E-state index >= 15 is 0 Å². The summed E-state index contributed by atoms with van der Waals surface area (Å²) in [5, 5.41) is 3.74. The third-order valence-electron chi connectivity index (χ3n) is 3.93. The van der Waals surface area contributed by atoms with Gasteiger partial charge in [0, 0.05) is 37.7 Å². The Hall–Kier alpha value is -1.10. The Morgan fingerprint density at radius 2 is 1.76 bits per heavy atom. The molecule has 2 rings (SSSR count). The Labute approximate surface area is 132 Å². The first kappa shape index (κ1) is 16.3. The summed E-state index contributed by atoms with van der Waals surface area (Å²) >= 11 is 5.85. The van der Waals surface area contributed by atoms with Crippen molar-refractivity contribution in [2.24, 2.45) is 0 Å². The first-order chi connectivity index (χ1) is 10.2. The molecule has 5 heteroatoms. The topological polar surface area (TPSA) is 35.6 Å². The molecule has 0 aromatic heterocycles. The summed E-state index contributed by atoms with van der Waals surface area (Å²) in [6.07, 6.45) is 0.840. The summed E-state index contributed by atoms with van der Waals surface area (Å²) in [5.74, 6) is 0.119. The molecule has 1 amide bonds. The number of amides is 1. The van der Waals surface area contributed by atoms with E-state index < -0.39 is 0 Å². The van der Waals surface area contributed by atoms with E-state index in [4.69, 9.17) is 11.6 Å². The Balaban J connectivity index is 1.62. The van der Waals surface area contributed by atoms with E-state index in [-0.39, 0.29) is 5.91 Å². The van der Waals surface area contributed by atoms with E-state index in [1.54, 1.807) is 0 Å². The van der Waals surface area contributed by atoms with Crippen LogP contribution in [0, 0.1) is 0 Å². The van der Waals surface area contributed by atoms with Crippen LogP contribution in [0.3, 0.4) is 0 Å². The van der Waals surface area contributed by atoms with E-state index in [0.29, 0.717) is 13.1 Å². The fraction of sp³-hybridized carbons (Fsp3) is 0.562. The number of hydrogen-bond acceptors (Lipinski definition) is 3. The predicted octanol–water partition coefficient (Wildman–Crippen LogP) is 1.64.